The molecule has 1 saturated carbocycles. The molecule has 0 bridgehead atoms. The van der Waals surface area contributed by atoms with Crippen molar-refractivity contribution in [2.75, 3.05) is 19.7 Å². The van der Waals surface area contributed by atoms with E-state index in [2.05, 4.69) is 9.55 Å². The summed E-state index contributed by atoms with van der Waals surface area (Å²) < 4.78 is 13.5. The van der Waals surface area contributed by atoms with Crippen molar-refractivity contribution in [1.29, 1.82) is 0 Å². The normalized spacial score (nSPS) is 23.2. The Balaban J connectivity index is 1.68. The van der Waals surface area contributed by atoms with Crippen LogP contribution in [0.5, 0.6) is 0 Å². The highest BCUT2D eigenvalue weighted by Crippen LogP contribution is 2.38. The fourth-order valence-corrected chi connectivity index (χ4v) is 2.54. The zero-order chi connectivity index (χ0) is 15.0. The molecule has 21 heavy (non-hydrogen) atoms. The number of amides is 1. The maximum atomic E-state index is 12.2. The van der Waals surface area contributed by atoms with Crippen LogP contribution in [0.1, 0.15) is 51.5 Å². The van der Waals surface area contributed by atoms with Crippen LogP contribution in [0.15, 0.2) is 12.5 Å². The van der Waals surface area contributed by atoms with E-state index < -0.39 is 5.60 Å². The maximum absolute atomic E-state index is 12.2. The third-order valence-electron chi connectivity index (χ3n) is 3.68. The minimum absolute atomic E-state index is 0.116. The van der Waals surface area contributed by atoms with Crippen molar-refractivity contribution in [3.8, 4) is 0 Å². The third kappa shape index (κ3) is 3.37. The summed E-state index contributed by atoms with van der Waals surface area (Å²) in [7, 11) is 0. The van der Waals surface area contributed by atoms with Crippen molar-refractivity contribution in [3.63, 3.8) is 0 Å². The van der Waals surface area contributed by atoms with E-state index in [1.807, 2.05) is 33.3 Å². The molecule has 0 spiro atoms. The standard InChI is InChI=1S/C15H23N3O3/c1-15(2,3)21-14(19)17-6-7-20-13(9-17)12-8-16-10-18(12)11-4-5-11/h8,10-11,13H,4-7,9H2,1-3H3. The second-order valence-electron chi connectivity index (χ2n) is 6.74. The van der Waals surface area contributed by atoms with Gasteiger partial charge in [0.15, 0.2) is 0 Å². The quantitative estimate of drug-likeness (QED) is 0.841. The van der Waals surface area contributed by atoms with Gasteiger partial charge in [0.25, 0.3) is 0 Å². The van der Waals surface area contributed by atoms with Crippen molar-refractivity contribution in [3.05, 3.63) is 18.2 Å². The maximum Gasteiger partial charge on any atom is 0.410 e. The van der Waals surface area contributed by atoms with Crippen LogP contribution in [0, 0.1) is 0 Å². The van der Waals surface area contributed by atoms with Crippen LogP contribution in [0.2, 0.25) is 0 Å². The van der Waals surface area contributed by atoms with Gasteiger partial charge in [-0.2, -0.15) is 0 Å². The molecule has 1 aromatic heterocycles. The van der Waals surface area contributed by atoms with E-state index in [-0.39, 0.29) is 12.2 Å². The molecule has 1 unspecified atom stereocenters. The van der Waals surface area contributed by atoms with E-state index in [0.29, 0.717) is 25.7 Å². The molecule has 6 heteroatoms. The Bertz CT molecular complexity index is 516. The molecule has 1 aliphatic carbocycles. The highest BCUT2D eigenvalue weighted by Gasteiger charge is 2.33. The first kappa shape index (κ1) is 14.4. The van der Waals surface area contributed by atoms with E-state index in [0.717, 1.165) is 5.69 Å². The summed E-state index contributed by atoms with van der Waals surface area (Å²) in [4.78, 5) is 18.1. The van der Waals surface area contributed by atoms with Crippen molar-refractivity contribution in [1.82, 2.24) is 14.5 Å². The van der Waals surface area contributed by atoms with Gasteiger partial charge >= 0.3 is 6.09 Å². The first-order valence-electron chi connectivity index (χ1n) is 7.55. The average Bonchev–Trinajstić information content (AvgIpc) is 3.14. The molecule has 1 aliphatic heterocycles. The van der Waals surface area contributed by atoms with Crippen molar-refractivity contribution in [2.24, 2.45) is 0 Å². The van der Waals surface area contributed by atoms with Gasteiger partial charge in [-0.1, -0.05) is 0 Å². The molecule has 2 fully saturated rings. The molecule has 2 heterocycles. The van der Waals surface area contributed by atoms with Gasteiger partial charge in [0.05, 0.1) is 31.4 Å². The first-order valence-corrected chi connectivity index (χ1v) is 7.55. The minimum Gasteiger partial charge on any atom is -0.444 e. The number of morpholine rings is 1. The lowest BCUT2D eigenvalue weighted by Gasteiger charge is -2.34. The summed E-state index contributed by atoms with van der Waals surface area (Å²) in [6.45, 7) is 7.26. The van der Waals surface area contributed by atoms with Gasteiger partial charge in [0.1, 0.15) is 11.7 Å². The van der Waals surface area contributed by atoms with Crippen molar-refractivity contribution < 1.29 is 14.3 Å². The Kier molecular flexibility index (Phi) is 3.65. The van der Waals surface area contributed by atoms with Crippen LogP contribution in [-0.4, -0.2) is 45.8 Å². The molecule has 116 valence electrons. The molecule has 1 atom stereocenters. The first-order chi connectivity index (χ1) is 9.94. The highest BCUT2D eigenvalue weighted by atomic mass is 16.6. The Labute approximate surface area is 125 Å². The number of rotatable bonds is 2. The van der Waals surface area contributed by atoms with Gasteiger partial charge in [0, 0.05) is 12.6 Å². The zero-order valence-electron chi connectivity index (χ0n) is 12.9. The molecule has 2 aliphatic rings. The molecule has 3 rings (SSSR count). The Morgan fingerprint density at radius 3 is 2.86 bits per heavy atom. The van der Waals surface area contributed by atoms with E-state index in [1.165, 1.54) is 12.8 Å². The van der Waals surface area contributed by atoms with E-state index in [9.17, 15) is 4.79 Å². The Morgan fingerprint density at radius 2 is 2.19 bits per heavy atom. The monoisotopic (exact) mass is 293 g/mol. The predicted octanol–water partition coefficient (Wildman–Crippen LogP) is 2.53. The van der Waals surface area contributed by atoms with E-state index >= 15 is 0 Å². The predicted molar refractivity (Wildman–Crippen MR) is 77.0 cm³/mol. The van der Waals surface area contributed by atoms with Crippen LogP contribution < -0.4 is 0 Å². The number of ether oxygens (including phenoxy) is 2. The molecule has 1 saturated heterocycles. The number of carbonyl (C=O) groups excluding carboxylic acids is 1. The van der Waals surface area contributed by atoms with Gasteiger partial charge in [-0.05, 0) is 33.6 Å². The summed E-state index contributed by atoms with van der Waals surface area (Å²) in [6.07, 6.45) is 5.73. The lowest BCUT2D eigenvalue weighted by molar-refractivity contribution is -0.0458. The molecule has 1 amide bonds. The molecule has 0 radical (unpaired) electrons. The topological polar surface area (TPSA) is 56.6 Å². The van der Waals surface area contributed by atoms with Crippen LogP contribution in [0.3, 0.4) is 0 Å². The Hall–Kier alpha value is -1.56. The van der Waals surface area contributed by atoms with Crippen LogP contribution in [-0.2, 0) is 9.47 Å². The zero-order valence-corrected chi connectivity index (χ0v) is 12.9. The molecular weight excluding hydrogens is 270 g/mol. The van der Waals surface area contributed by atoms with Crippen LogP contribution in [0.25, 0.3) is 0 Å². The summed E-state index contributed by atoms with van der Waals surface area (Å²) >= 11 is 0. The van der Waals surface area contributed by atoms with E-state index in [4.69, 9.17) is 9.47 Å². The minimum atomic E-state index is -0.472. The second kappa shape index (κ2) is 5.33. The van der Waals surface area contributed by atoms with Crippen molar-refractivity contribution >= 4 is 6.09 Å². The molecule has 6 nitrogen and oxygen atoms in total. The van der Waals surface area contributed by atoms with E-state index in [1.54, 1.807) is 4.90 Å². The van der Waals surface area contributed by atoms with Gasteiger partial charge in [-0.25, -0.2) is 9.78 Å². The Morgan fingerprint density at radius 1 is 1.43 bits per heavy atom. The highest BCUT2D eigenvalue weighted by molar-refractivity contribution is 5.68. The fourth-order valence-electron chi connectivity index (χ4n) is 2.54. The van der Waals surface area contributed by atoms with Gasteiger partial charge < -0.3 is 18.9 Å². The lowest BCUT2D eigenvalue weighted by atomic mass is 10.2. The summed E-state index contributed by atoms with van der Waals surface area (Å²) in [6, 6.07) is 0.558. The van der Waals surface area contributed by atoms with Gasteiger partial charge in [-0.3, -0.25) is 0 Å². The van der Waals surface area contributed by atoms with Crippen molar-refractivity contribution in [2.45, 2.75) is 51.4 Å². The molecular formula is C15H23N3O3. The average molecular weight is 293 g/mol. The second-order valence-corrected chi connectivity index (χ2v) is 6.74. The van der Waals surface area contributed by atoms with Crippen LogP contribution in [0.4, 0.5) is 4.79 Å². The molecule has 1 aromatic rings. The summed E-state index contributed by atoms with van der Waals surface area (Å²) in [5, 5.41) is 0. The molecule has 0 N–H and O–H groups in total. The largest absolute Gasteiger partial charge is 0.444 e. The number of hydrogen-bond acceptors (Lipinski definition) is 4. The smallest absolute Gasteiger partial charge is 0.410 e. The third-order valence-corrected chi connectivity index (χ3v) is 3.68. The lowest BCUT2D eigenvalue weighted by Crippen LogP contribution is -2.45. The number of hydrogen-bond donors (Lipinski definition) is 0. The van der Waals surface area contributed by atoms with Gasteiger partial charge in [-0.15, -0.1) is 0 Å². The number of carbonyl (C=O) groups is 1. The summed E-state index contributed by atoms with van der Waals surface area (Å²) in [5.74, 6) is 0. The number of imidazole rings is 1. The number of aromatic nitrogens is 2. The van der Waals surface area contributed by atoms with Crippen LogP contribution >= 0.6 is 0 Å². The van der Waals surface area contributed by atoms with Gasteiger partial charge in [0.2, 0.25) is 0 Å². The number of nitrogens with zero attached hydrogens (tertiary/aromatic N) is 3. The SMILES string of the molecule is CC(C)(C)OC(=O)N1CCOC(c2cncn2C2CC2)C1. The fraction of sp³-hybridized carbons (Fsp3) is 0.733. The summed E-state index contributed by atoms with van der Waals surface area (Å²) in [5.41, 5.74) is 0.589. The molecule has 0 aromatic carbocycles.